The summed E-state index contributed by atoms with van der Waals surface area (Å²) >= 11 is 0. The summed E-state index contributed by atoms with van der Waals surface area (Å²) in [6, 6.07) is 0. The minimum Gasteiger partial charge on any atom is -0.359 e. The Bertz CT molecular complexity index is 182. The van der Waals surface area contributed by atoms with Gasteiger partial charge in [-0.15, -0.1) is 0 Å². The molecule has 0 rings (SSSR count). The van der Waals surface area contributed by atoms with Gasteiger partial charge in [-0.05, 0) is 7.05 Å². The van der Waals surface area contributed by atoms with Crippen LogP contribution in [0.2, 0.25) is 0 Å². The smallest absolute Gasteiger partial charge is 0.236 e. The molecule has 0 atom stereocenters. The summed E-state index contributed by atoms with van der Waals surface area (Å²) in [5.41, 5.74) is 0. The molecule has 0 aromatic carbocycles. The Kier molecular flexibility index (Phi) is 5.88. The number of nitrogens with zero attached hydrogens (tertiary/aromatic N) is 1. The van der Waals surface area contributed by atoms with E-state index in [4.69, 9.17) is 0 Å². The normalized spacial score (nSPS) is 9.46. The molecule has 0 aliphatic rings. The predicted molar refractivity (Wildman–Crippen MR) is 50.2 cm³/mol. The van der Waals surface area contributed by atoms with E-state index in [0.29, 0.717) is 19.5 Å². The molecular formula is C8H17N3O2. The molecule has 0 bridgehead atoms. The zero-order valence-electron chi connectivity index (χ0n) is 8.39. The molecular weight excluding hydrogens is 170 g/mol. The van der Waals surface area contributed by atoms with E-state index < -0.39 is 0 Å². The van der Waals surface area contributed by atoms with Crippen LogP contribution in [0.5, 0.6) is 0 Å². The number of amides is 2. The van der Waals surface area contributed by atoms with Crippen LogP contribution in [0, 0.1) is 0 Å². The number of likely N-dealkylation sites (N-methyl/N-ethyl adjacent to an activating group) is 2. The van der Waals surface area contributed by atoms with Crippen molar-refractivity contribution in [2.75, 3.05) is 34.2 Å². The van der Waals surface area contributed by atoms with Gasteiger partial charge in [0.25, 0.3) is 0 Å². The van der Waals surface area contributed by atoms with Gasteiger partial charge in [-0.3, -0.25) is 9.59 Å². The Morgan fingerprint density at radius 1 is 1.31 bits per heavy atom. The fourth-order valence-electron chi connectivity index (χ4n) is 0.805. The third kappa shape index (κ3) is 5.19. The lowest BCUT2D eigenvalue weighted by Crippen LogP contribution is -2.36. The summed E-state index contributed by atoms with van der Waals surface area (Å²) in [4.78, 5) is 23.5. The fraction of sp³-hybridized carbons (Fsp3) is 0.750. The van der Waals surface area contributed by atoms with Crippen molar-refractivity contribution >= 4 is 11.8 Å². The van der Waals surface area contributed by atoms with Gasteiger partial charge in [-0.25, -0.2) is 0 Å². The molecule has 0 saturated heterocycles. The Hall–Kier alpha value is -1.10. The Labute approximate surface area is 78.5 Å². The van der Waals surface area contributed by atoms with Gasteiger partial charge in [0, 0.05) is 27.1 Å². The molecule has 5 heteroatoms. The van der Waals surface area contributed by atoms with Crippen LogP contribution in [0.15, 0.2) is 0 Å². The van der Waals surface area contributed by atoms with Crippen molar-refractivity contribution in [1.82, 2.24) is 15.5 Å². The standard InChI is InChI=1S/C8H17N3O2/c1-9-6-8(13)11(3)5-4-7(12)10-2/h9H,4-6H2,1-3H3,(H,10,12). The summed E-state index contributed by atoms with van der Waals surface area (Å²) in [6.07, 6.45) is 0.350. The van der Waals surface area contributed by atoms with E-state index >= 15 is 0 Å². The minimum absolute atomic E-state index is 0.00796. The Balaban J connectivity index is 3.67. The summed E-state index contributed by atoms with van der Waals surface area (Å²) < 4.78 is 0. The maximum absolute atomic E-state index is 11.2. The summed E-state index contributed by atoms with van der Waals surface area (Å²) in [6.45, 7) is 0.768. The number of hydrogen-bond donors (Lipinski definition) is 2. The van der Waals surface area contributed by atoms with Crippen LogP contribution in [-0.4, -0.2) is 50.9 Å². The third-order valence-corrected chi connectivity index (χ3v) is 1.71. The van der Waals surface area contributed by atoms with E-state index in [-0.39, 0.29) is 11.8 Å². The van der Waals surface area contributed by atoms with Gasteiger partial charge < -0.3 is 15.5 Å². The maximum atomic E-state index is 11.2. The van der Waals surface area contributed by atoms with Gasteiger partial charge in [-0.2, -0.15) is 0 Å². The second-order valence-electron chi connectivity index (χ2n) is 2.77. The van der Waals surface area contributed by atoms with Crippen LogP contribution in [-0.2, 0) is 9.59 Å². The van der Waals surface area contributed by atoms with E-state index in [1.54, 1.807) is 21.1 Å². The van der Waals surface area contributed by atoms with Crippen LogP contribution in [0.25, 0.3) is 0 Å². The highest BCUT2D eigenvalue weighted by Crippen LogP contribution is 1.87. The molecule has 76 valence electrons. The zero-order chi connectivity index (χ0) is 10.3. The molecule has 13 heavy (non-hydrogen) atoms. The van der Waals surface area contributed by atoms with Crippen molar-refractivity contribution < 1.29 is 9.59 Å². The molecule has 0 aromatic heterocycles. The first kappa shape index (κ1) is 11.9. The summed E-state index contributed by atoms with van der Waals surface area (Å²) in [5.74, 6) is -0.0597. The number of carbonyl (C=O) groups is 2. The largest absolute Gasteiger partial charge is 0.359 e. The number of rotatable bonds is 5. The van der Waals surface area contributed by atoms with E-state index in [0.717, 1.165) is 0 Å². The molecule has 0 heterocycles. The SMILES string of the molecule is CNCC(=O)N(C)CCC(=O)NC. The molecule has 0 aromatic rings. The number of hydrogen-bond acceptors (Lipinski definition) is 3. The van der Waals surface area contributed by atoms with E-state index in [2.05, 4.69) is 10.6 Å². The van der Waals surface area contributed by atoms with Gasteiger partial charge >= 0.3 is 0 Å². The zero-order valence-corrected chi connectivity index (χ0v) is 8.39. The second kappa shape index (κ2) is 6.42. The molecule has 0 spiro atoms. The van der Waals surface area contributed by atoms with Gasteiger partial charge in [0.05, 0.1) is 6.54 Å². The van der Waals surface area contributed by atoms with Gasteiger partial charge in [0.2, 0.25) is 11.8 Å². The average molecular weight is 187 g/mol. The van der Waals surface area contributed by atoms with Crippen LogP contribution in [0.4, 0.5) is 0 Å². The van der Waals surface area contributed by atoms with Crippen molar-refractivity contribution in [2.45, 2.75) is 6.42 Å². The first-order valence-corrected chi connectivity index (χ1v) is 4.21. The highest BCUT2D eigenvalue weighted by Gasteiger charge is 2.08. The molecule has 0 aliphatic carbocycles. The molecule has 2 amide bonds. The van der Waals surface area contributed by atoms with E-state index in [9.17, 15) is 9.59 Å². The van der Waals surface area contributed by atoms with Crippen molar-refractivity contribution in [3.05, 3.63) is 0 Å². The predicted octanol–water partition coefficient (Wildman–Crippen LogP) is -1.20. The molecule has 0 unspecified atom stereocenters. The van der Waals surface area contributed by atoms with Crippen molar-refractivity contribution in [3.8, 4) is 0 Å². The Morgan fingerprint density at radius 2 is 1.92 bits per heavy atom. The average Bonchev–Trinajstić information content (AvgIpc) is 2.13. The maximum Gasteiger partial charge on any atom is 0.236 e. The van der Waals surface area contributed by atoms with Crippen LogP contribution in [0.1, 0.15) is 6.42 Å². The number of nitrogens with one attached hydrogen (secondary N) is 2. The molecule has 0 saturated carbocycles. The quantitative estimate of drug-likeness (QED) is 0.568. The second-order valence-corrected chi connectivity index (χ2v) is 2.77. The first-order chi connectivity index (χ1) is 6.11. The molecule has 0 fully saturated rings. The van der Waals surface area contributed by atoms with Gasteiger partial charge in [0.15, 0.2) is 0 Å². The topological polar surface area (TPSA) is 61.4 Å². The third-order valence-electron chi connectivity index (χ3n) is 1.71. The highest BCUT2D eigenvalue weighted by molar-refractivity contribution is 5.79. The van der Waals surface area contributed by atoms with Crippen molar-refractivity contribution in [3.63, 3.8) is 0 Å². The van der Waals surface area contributed by atoms with Crippen molar-refractivity contribution in [2.24, 2.45) is 0 Å². The summed E-state index contributed by atoms with van der Waals surface area (Å²) in [7, 11) is 4.98. The fourth-order valence-corrected chi connectivity index (χ4v) is 0.805. The van der Waals surface area contributed by atoms with Crippen LogP contribution in [0.3, 0.4) is 0 Å². The summed E-state index contributed by atoms with van der Waals surface area (Å²) in [5, 5.41) is 5.26. The molecule has 2 N–H and O–H groups in total. The van der Waals surface area contributed by atoms with Gasteiger partial charge in [0.1, 0.15) is 0 Å². The minimum atomic E-state index is -0.0518. The highest BCUT2D eigenvalue weighted by atomic mass is 16.2. The van der Waals surface area contributed by atoms with Gasteiger partial charge in [-0.1, -0.05) is 0 Å². The number of carbonyl (C=O) groups excluding carboxylic acids is 2. The van der Waals surface area contributed by atoms with Crippen LogP contribution >= 0.6 is 0 Å². The van der Waals surface area contributed by atoms with Crippen LogP contribution < -0.4 is 10.6 Å². The van der Waals surface area contributed by atoms with E-state index in [1.165, 1.54) is 4.90 Å². The first-order valence-electron chi connectivity index (χ1n) is 4.21. The molecule has 0 aliphatic heterocycles. The molecule has 0 radical (unpaired) electrons. The monoisotopic (exact) mass is 187 g/mol. The molecule has 5 nitrogen and oxygen atoms in total. The Morgan fingerprint density at radius 3 is 2.38 bits per heavy atom. The lowest BCUT2D eigenvalue weighted by Gasteiger charge is -2.15. The van der Waals surface area contributed by atoms with Crippen molar-refractivity contribution in [1.29, 1.82) is 0 Å². The lowest BCUT2D eigenvalue weighted by molar-refractivity contribution is -0.129. The van der Waals surface area contributed by atoms with E-state index in [1.807, 2.05) is 0 Å². The lowest BCUT2D eigenvalue weighted by atomic mass is 10.3.